The molecular formula is C15H26N2O. The van der Waals surface area contributed by atoms with Crippen LogP contribution in [0, 0.1) is 0 Å². The second kappa shape index (κ2) is 8.67. The Morgan fingerprint density at radius 2 is 1.78 bits per heavy atom. The van der Waals surface area contributed by atoms with Crippen LogP contribution in [0.25, 0.3) is 0 Å². The predicted molar refractivity (Wildman–Crippen MR) is 77.9 cm³/mol. The van der Waals surface area contributed by atoms with Crippen molar-refractivity contribution in [1.29, 1.82) is 0 Å². The van der Waals surface area contributed by atoms with Crippen molar-refractivity contribution in [2.45, 2.75) is 60.4 Å². The fourth-order valence-electron chi connectivity index (χ4n) is 1.86. The zero-order chi connectivity index (χ0) is 14.1. The lowest BCUT2D eigenvalue weighted by molar-refractivity contribution is -0.119. The lowest BCUT2D eigenvalue weighted by Crippen LogP contribution is -2.40. The lowest BCUT2D eigenvalue weighted by atomic mass is 10.0. The van der Waals surface area contributed by atoms with E-state index >= 15 is 0 Å². The number of anilines is 1. The number of amides is 1. The highest BCUT2D eigenvalue weighted by atomic mass is 16.2. The number of carbonyl (C=O) groups excluding carboxylic acids is 1. The molecule has 3 nitrogen and oxygen atoms in total. The molecule has 0 saturated carbocycles. The Hall–Kier alpha value is -1.38. The summed E-state index contributed by atoms with van der Waals surface area (Å²) in [7, 11) is 0. The monoisotopic (exact) mass is 250 g/mol. The molecule has 1 aromatic rings. The Bertz CT molecular complexity index is 361. The molecule has 1 aliphatic heterocycles. The van der Waals surface area contributed by atoms with E-state index in [1.807, 2.05) is 53.7 Å². The summed E-state index contributed by atoms with van der Waals surface area (Å²) < 4.78 is 0. The minimum absolute atomic E-state index is 0.186. The van der Waals surface area contributed by atoms with Crippen LogP contribution in [0.5, 0.6) is 0 Å². The lowest BCUT2D eigenvalue weighted by Gasteiger charge is -2.31. The molecule has 18 heavy (non-hydrogen) atoms. The van der Waals surface area contributed by atoms with Crippen molar-refractivity contribution in [2.24, 2.45) is 0 Å². The Labute approximate surface area is 111 Å². The molecule has 2 heterocycles. The summed E-state index contributed by atoms with van der Waals surface area (Å²) >= 11 is 0. The van der Waals surface area contributed by atoms with Gasteiger partial charge in [0, 0.05) is 18.7 Å². The molecule has 2 rings (SSSR count). The van der Waals surface area contributed by atoms with Gasteiger partial charge in [-0.15, -0.1) is 0 Å². The van der Waals surface area contributed by atoms with Crippen molar-refractivity contribution < 1.29 is 4.79 Å². The molecule has 0 N–H and O–H groups in total. The number of fused-ring (bicyclic) bond motifs is 1. The first-order valence-corrected chi connectivity index (χ1v) is 6.96. The summed E-state index contributed by atoms with van der Waals surface area (Å²) in [5.74, 6) is 1.03. The molecule has 0 spiro atoms. The van der Waals surface area contributed by atoms with Gasteiger partial charge in [0.25, 0.3) is 0 Å². The van der Waals surface area contributed by atoms with E-state index in [0.717, 1.165) is 12.2 Å². The van der Waals surface area contributed by atoms with Crippen molar-refractivity contribution in [1.82, 2.24) is 4.98 Å². The molecule has 1 aliphatic rings. The Balaban J connectivity index is 0.000000659. The molecule has 0 radical (unpaired) electrons. The number of aryl methyl sites for hydroxylation is 1. The van der Waals surface area contributed by atoms with Crippen LogP contribution in [0.4, 0.5) is 5.82 Å². The van der Waals surface area contributed by atoms with E-state index in [4.69, 9.17) is 0 Å². The van der Waals surface area contributed by atoms with Crippen LogP contribution < -0.4 is 4.90 Å². The third kappa shape index (κ3) is 3.83. The standard InChI is InChI=1S/C11H14N2O.2C2H6/c1-8(2)13-10(14)6-5-9-4-3-7-12-11(9)13;2*1-2/h3-4,7-8H,5-6H2,1-2H3;2*1-2H3. The summed E-state index contributed by atoms with van der Waals surface area (Å²) in [4.78, 5) is 17.8. The van der Waals surface area contributed by atoms with Gasteiger partial charge in [-0.25, -0.2) is 4.98 Å². The summed E-state index contributed by atoms with van der Waals surface area (Å²) in [6.45, 7) is 12.0. The minimum Gasteiger partial charge on any atom is -0.294 e. The Morgan fingerprint density at radius 3 is 2.33 bits per heavy atom. The van der Waals surface area contributed by atoms with Gasteiger partial charge in [-0.05, 0) is 31.9 Å². The van der Waals surface area contributed by atoms with Crippen LogP contribution in [-0.4, -0.2) is 16.9 Å². The fourth-order valence-corrected chi connectivity index (χ4v) is 1.86. The van der Waals surface area contributed by atoms with Gasteiger partial charge in [-0.2, -0.15) is 0 Å². The van der Waals surface area contributed by atoms with E-state index in [1.54, 1.807) is 11.1 Å². The zero-order valence-electron chi connectivity index (χ0n) is 12.5. The van der Waals surface area contributed by atoms with E-state index < -0.39 is 0 Å². The fraction of sp³-hybridized carbons (Fsp3) is 0.600. The third-order valence-electron chi connectivity index (χ3n) is 2.49. The maximum Gasteiger partial charge on any atom is 0.228 e. The van der Waals surface area contributed by atoms with Crippen molar-refractivity contribution in [3.63, 3.8) is 0 Å². The highest BCUT2D eigenvalue weighted by Gasteiger charge is 2.26. The molecule has 0 saturated heterocycles. The second-order valence-electron chi connectivity index (χ2n) is 3.84. The smallest absolute Gasteiger partial charge is 0.228 e. The number of carbonyl (C=O) groups is 1. The largest absolute Gasteiger partial charge is 0.294 e. The summed E-state index contributed by atoms with van der Waals surface area (Å²) in [6.07, 6.45) is 3.18. The number of hydrogen-bond acceptors (Lipinski definition) is 2. The van der Waals surface area contributed by atoms with E-state index in [1.165, 1.54) is 5.56 Å². The van der Waals surface area contributed by atoms with Crippen molar-refractivity contribution in [3.8, 4) is 0 Å². The molecule has 102 valence electrons. The maximum atomic E-state index is 11.7. The summed E-state index contributed by atoms with van der Waals surface area (Å²) in [6, 6.07) is 4.16. The minimum atomic E-state index is 0.186. The molecule has 0 bridgehead atoms. The van der Waals surface area contributed by atoms with Gasteiger partial charge in [-0.1, -0.05) is 33.8 Å². The highest BCUT2D eigenvalue weighted by Crippen LogP contribution is 2.26. The van der Waals surface area contributed by atoms with Gasteiger partial charge >= 0.3 is 0 Å². The van der Waals surface area contributed by atoms with Gasteiger partial charge in [0.1, 0.15) is 5.82 Å². The van der Waals surface area contributed by atoms with Gasteiger partial charge in [0.05, 0.1) is 0 Å². The van der Waals surface area contributed by atoms with Gasteiger partial charge in [0.15, 0.2) is 0 Å². The molecule has 1 aromatic heterocycles. The third-order valence-corrected chi connectivity index (χ3v) is 2.49. The second-order valence-corrected chi connectivity index (χ2v) is 3.84. The molecule has 0 unspecified atom stereocenters. The summed E-state index contributed by atoms with van der Waals surface area (Å²) in [5.41, 5.74) is 1.18. The van der Waals surface area contributed by atoms with Crippen LogP contribution in [0.1, 0.15) is 53.5 Å². The van der Waals surface area contributed by atoms with E-state index in [-0.39, 0.29) is 11.9 Å². The SMILES string of the molecule is CC.CC.CC(C)N1C(=O)CCc2cccnc21. The van der Waals surface area contributed by atoms with E-state index in [9.17, 15) is 4.79 Å². The molecule has 0 aromatic carbocycles. The average molecular weight is 250 g/mol. The molecule has 0 aliphatic carbocycles. The number of aromatic nitrogens is 1. The predicted octanol–water partition coefficient (Wildman–Crippen LogP) is 3.82. The number of nitrogens with zero attached hydrogens (tertiary/aromatic N) is 2. The van der Waals surface area contributed by atoms with Gasteiger partial charge in [-0.3, -0.25) is 9.69 Å². The quantitative estimate of drug-likeness (QED) is 0.759. The number of rotatable bonds is 1. The Morgan fingerprint density at radius 1 is 1.17 bits per heavy atom. The normalized spacial score (nSPS) is 13.1. The highest BCUT2D eigenvalue weighted by molar-refractivity contribution is 5.95. The van der Waals surface area contributed by atoms with Crippen LogP contribution in [-0.2, 0) is 11.2 Å². The summed E-state index contributed by atoms with van der Waals surface area (Å²) in [5, 5.41) is 0. The van der Waals surface area contributed by atoms with Crippen molar-refractivity contribution in [3.05, 3.63) is 23.9 Å². The zero-order valence-corrected chi connectivity index (χ0v) is 12.5. The van der Waals surface area contributed by atoms with Crippen molar-refractivity contribution >= 4 is 11.7 Å². The van der Waals surface area contributed by atoms with E-state index in [0.29, 0.717) is 6.42 Å². The first-order chi connectivity index (χ1) is 8.70. The molecule has 1 amide bonds. The van der Waals surface area contributed by atoms with Crippen LogP contribution in [0.15, 0.2) is 18.3 Å². The van der Waals surface area contributed by atoms with Crippen molar-refractivity contribution in [2.75, 3.05) is 4.90 Å². The number of hydrogen-bond donors (Lipinski definition) is 0. The first-order valence-electron chi connectivity index (χ1n) is 6.96. The van der Waals surface area contributed by atoms with Gasteiger partial charge < -0.3 is 0 Å². The maximum absolute atomic E-state index is 11.7. The Kier molecular flexibility index (Phi) is 8.01. The molecule has 0 fully saturated rings. The molecular weight excluding hydrogens is 224 g/mol. The van der Waals surface area contributed by atoms with Crippen LogP contribution in [0.2, 0.25) is 0 Å². The molecule has 0 atom stereocenters. The molecule has 3 heteroatoms. The van der Waals surface area contributed by atoms with Gasteiger partial charge in [0.2, 0.25) is 5.91 Å². The topological polar surface area (TPSA) is 33.2 Å². The first kappa shape index (κ1) is 16.6. The van der Waals surface area contributed by atoms with E-state index in [2.05, 4.69) is 4.98 Å². The van der Waals surface area contributed by atoms with Crippen LogP contribution >= 0.6 is 0 Å². The van der Waals surface area contributed by atoms with Crippen LogP contribution in [0.3, 0.4) is 0 Å². The average Bonchev–Trinajstić information content (AvgIpc) is 2.42. The number of pyridine rings is 1.